The highest BCUT2D eigenvalue weighted by Crippen LogP contribution is 2.35. The van der Waals surface area contributed by atoms with E-state index in [0.717, 1.165) is 5.92 Å². The SMILES string of the molecule is Cc1ccc(C(NC(C)C2CC2)c2ccccc2)c(C)c1. The molecule has 1 saturated carbocycles. The first-order valence-electron chi connectivity index (χ1n) is 8.03. The Bertz CT molecular complexity index is 598. The van der Waals surface area contributed by atoms with Gasteiger partial charge in [0.25, 0.3) is 0 Å². The summed E-state index contributed by atoms with van der Waals surface area (Å²) in [7, 11) is 0. The van der Waals surface area contributed by atoms with Crippen molar-refractivity contribution in [2.24, 2.45) is 5.92 Å². The Kier molecular flexibility index (Phi) is 4.12. The van der Waals surface area contributed by atoms with Gasteiger partial charge in [-0.15, -0.1) is 0 Å². The van der Waals surface area contributed by atoms with Gasteiger partial charge in [-0.05, 0) is 56.2 Å². The maximum absolute atomic E-state index is 3.87. The number of benzene rings is 2. The molecule has 0 spiro atoms. The van der Waals surface area contributed by atoms with Crippen molar-refractivity contribution in [2.75, 3.05) is 0 Å². The molecule has 2 atom stereocenters. The quantitative estimate of drug-likeness (QED) is 0.830. The predicted molar refractivity (Wildman–Crippen MR) is 89.5 cm³/mol. The van der Waals surface area contributed by atoms with Crippen LogP contribution in [0.5, 0.6) is 0 Å². The number of nitrogens with one attached hydrogen (secondary N) is 1. The fraction of sp³-hybridized carbons (Fsp3) is 0.400. The molecule has 21 heavy (non-hydrogen) atoms. The summed E-state index contributed by atoms with van der Waals surface area (Å²) in [5, 5.41) is 3.87. The van der Waals surface area contributed by atoms with Crippen LogP contribution in [0.1, 0.15) is 48.1 Å². The van der Waals surface area contributed by atoms with Gasteiger partial charge in [0.15, 0.2) is 0 Å². The first-order chi connectivity index (χ1) is 10.1. The normalized spacial score (nSPS) is 17.5. The van der Waals surface area contributed by atoms with Crippen molar-refractivity contribution in [2.45, 2.75) is 45.7 Å². The molecule has 110 valence electrons. The molecule has 2 aromatic rings. The third kappa shape index (κ3) is 3.36. The van der Waals surface area contributed by atoms with Crippen LogP contribution in [-0.4, -0.2) is 6.04 Å². The van der Waals surface area contributed by atoms with Crippen LogP contribution < -0.4 is 5.32 Å². The number of hydrogen-bond acceptors (Lipinski definition) is 1. The zero-order chi connectivity index (χ0) is 14.8. The summed E-state index contributed by atoms with van der Waals surface area (Å²) in [6, 6.07) is 18.5. The van der Waals surface area contributed by atoms with E-state index in [0.29, 0.717) is 12.1 Å². The summed E-state index contributed by atoms with van der Waals surface area (Å²) < 4.78 is 0. The monoisotopic (exact) mass is 279 g/mol. The van der Waals surface area contributed by atoms with Gasteiger partial charge >= 0.3 is 0 Å². The molecule has 1 N–H and O–H groups in total. The molecule has 0 amide bonds. The van der Waals surface area contributed by atoms with E-state index in [-0.39, 0.29) is 0 Å². The topological polar surface area (TPSA) is 12.0 Å². The molecule has 0 heterocycles. The van der Waals surface area contributed by atoms with Crippen LogP contribution in [0.4, 0.5) is 0 Å². The van der Waals surface area contributed by atoms with Crippen LogP contribution in [0.3, 0.4) is 0 Å². The highest BCUT2D eigenvalue weighted by Gasteiger charge is 2.30. The van der Waals surface area contributed by atoms with Crippen molar-refractivity contribution in [3.63, 3.8) is 0 Å². The summed E-state index contributed by atoms with van der Waals surface area (Å²) in [4.78, 5) is 0. The maximum Gasteiger partial charge on any atom is 0.0581 e. The van der Waals surface area contributed by atoms with E-state index in [1.54, 1.807) is 0 Å². The van der Waals surface area contributed by atoms with Crippen LogP contribution in [0.2, 0.25) is 0 Å². The third-order valence-electron chi connectivity index (χ3n) is 4.63. The van der Waals surface area contributed by atoms with Gasteiger partial charge in [0, 0.05) is 6.04 Å². The lowest BCUT2D eigenvalue weighted by Crippen LogP contribution is -2.33. The average Bonchev–Trinajstić information content (AvgIpc) is 3.31. The van der Waals surface area contributed by atoms with Gasteiger partial charge in [0.05, 0.1) is 6.04 Å². The van der Waals surface area contributed by atoms with Crippen LogP contribution in [0.15, 0.2) is 48.5 Å². The van der Waals surface area contributed by atoms with E-state index >= 15 is 0 Å². The van der Waals surface area contributed by atoms with E-state index in [1.165, 1.54) is 35.1 Å². The average molecular weight is 279 g/mol. The minimum absolute atomic E-state index is 0.294. The lowest BCUT2D eigenvalue weighted by atomic mass is 9.93. The van der Waals surface area contributed by atoms with Gasteiger partial charge in [-0.3, -0.25) is 0 Å². The number of rotatable bonds is 5. The molecular formula is C20H25N. The largest absolute Gasteiger partial charge is 0.303 e. The molecule has 0 aromatic heterocycles. The summed E-state index contributed by atoms with van der Waals surface area (Å²) in [6.45, 7) is 6.72. The third-order valence-corrected chi connectivity index (χ3v) is 4.63. The first kappa shape index (κ1) is 14.3. The van der Waals surface area contributed by atoms with E-state index in [9.17, 15) is 0 Å². The Labute approximate surface area is 128 Å². The van der Waals surface area contributed by atoms with Gasteiger partial charge in [-0.25, -0.2) is 0 Å². The Morgan fingerprint density at radius 1 is 1.00 bits per heavy atom. The molecule has 0 saturated heterocycles. The standard InChI is InChI=1S/C20H25N/c1-14-9-12-19(15(2)13-14)20(18-7-5-4-6-8-18)21-16(3)17-10-11-17/h4-9,12-13,16-17,20-21H,10-11H2,1-3H3. The zero-order valence-electron chi connectivity index (χ0n) is 13.3. The molecule has 0 radical (unpaired) electrons. The Morgan fingerprint density at radius 2 is 1.71 bits per heavy atom. The van der Waals surface area contributed by atoms with E-state index in [1.807, 2.05) is 0 Å². The van der Waals surface area contributed by atoms with Crippen molar-refractivity contribution < 1.29 is 0 Å². The molecule has 1 fully saturated rings. The maximum atomic E-state index is 3.87. The van der Waals surface area contributed by atoms with Crippen molar-refractivity contribution >= 4 is 0 Å². The van der Waals surface area contributed by atoms with Gasteiger partial charge in [-0.1, -0.05) is 54.1 Å². The van der Waals surface area contributed by atoms with Crippen LogP contribution in [-0.2, 0) is 0 Å². The molecule has 1 heteroatoms. The van der Waals surface area contributed by atoms with Gasteiger partial charge < -0.3 is 5.32 Å². The molecule has 0 aliphatic heterocycles. The predicted octanol–water partition coefficient (Wildman–Crippen LogP) is 4.78. The molecule has 0 bridgehead atoms. The highest BCUT2D eigenvalue weighted by molar-refractivity contribution is 5.39. The van der Waals surface area contributed by atoms with Crippen LogP contribution in [0, 0.1) is 19.8 Å². The molecule has 2 aromatic carbocycles. The summed E-state index contributed by atoms with van der Waals surface area (Å²) in [6.07, 6.45) is 2.76. The second kappa shape index (κ2) is 6.03. The smallest absolute Gasteiger partial charge is 0.0581 e. The molecular weight excluding hydrogens is 254 g/mol. The van der Waals surface area contributed by atoms with Crippen molar-refractivity contribution in [3.8, 4) is 0 Å². The molecule has 1 aliphatic rings. The second-order valence-electron chi connectivity index (χ2n) is 6.50. The molecule has 1 nitrogen and oxygen atoms in total. The van der Waals surface area contributed by atoms with Crippen molar-refractivity contribution in [3.05, 3.63) is 70.8 Å². The molecule has 2 unspecified atom stereocenters. The number of hydrogen-bond donors (Lipinski definition) is 1. The van der Waals surface area contributed by atoms with E-state index in [4.69, 9.17) is 0 Å². The van der Waals surface area contributed by atoms with Gasteiger partial charge in [-0.2, -0.15) is 0 Å². The second-order valence-corrected chi connectivity index (χ2v) is 6.50. The molecule has 1 aliphatic carbocycles. The first-order valence-corrected chi connectivity index (χ1v) is 8.03. The Hall–Kier alpha value is -1.60. The van der Waals surface area contributed by atoms with Gasteiger partial charge in [0.2, 0.25) is 0 Å². The lowest BCUT2D eigenvalue weighted by molar-refractivity contribution is 0.456. The van der Waals surface area contributed by atoms with Crippen LogP contribution in [0.25, 0.3) is 0 Å². The molecule has 3 rings (SSSR count). The lowest BCUT2D eigenvalue weighted by Gasteiger charge is -2.26. The minimum atomic E-state index is 0.294. The van der Waals surface area contributed by atoms with Crippen molar-refractivity contribution in [1.29, 1.82) is 0 Å². The van der Waals surface area contributed by atoms with Gasteiger partial charge in [0.1, 0.15) is 0 Å². The zero-order valence-corrected chi connectivity index (χ0v) is 13.3. The minimum Gasteiger partial charge on any atom is -0.303 e. The van der Waals surface area contributed by atoms with E-state index < -0.39 is 0 Å². The highest BCUT2D eigenvalue weighted by atomic mass is 15.0. The summed E-state index contributed by atoms with van der Waals surface area (Å²) in [5.74, 6) is 0.863. The number of aryl methyl sites for hydroxylation is 2. The summed E-state index contributed by atoms with van der Waals surface area (Å²) >= 11 is 0. The van der Waals surface area contributed by atoms with Crippen molar-refractivity contribution in [1.82, 2.24) is 5.32 Å². The van der Waals surface area contributed by atoms with Crippen LogP contribution >= 0.6 is 0 Å². The fourth-order valence-electron chi connectivity index (χ4n) is 3.16. The fourth-order valence-corrected chi connectivity index (χ4v) is 3.16. The van der Waals surface area contributed by atoms with E-state index in [2.05, 4.69) is 74.6 Å². The Morgan fingerprint density at radius 3 is 2.33 bits per heavy atom. The summed E-state index contributed by atoms with van der Waals surface area (Å²) in [5.41, 5.74) is 5.47. The Balaban J connectivity index is 1.94.